The van der Waals surface area contributed by atoms with E-state index < -0.39 is 59.7 Å². The largest absolute Gasteiger partial charge is 0.508 e. The lowest BCUT2D eigenvalue weighted by molar-refractivity contribution is -0.142. The number of carboxylic acids is 1. The van der Waals surface area contributed by atoms with Crippen molar-refractivity contribution in [3.05, 3.63) is 48.0 Å². The lowest BCUT2D eigenvalue weighted by Gasteiger charge is -2.25. The smallest absolute Gasteiger partial charge is 0.326 e. The number of nitrogens with two attached hydrogens (primary N) is 3. The van der Waals surface area contributed by atoms with Crippen LogP contribution >= 0.6 is 0 Å². The minimum Gasteiger partial charge on any atom is -0.508 e. The number of hydrogen-bond acceptors (Lipinski definition) is 9. The number of nitrogens with one attached hydrogen (secondary N) is 4. The molecule has 1 aromatic heterocycles. The predicted octanol–water partition coefficient (Wildman–Crippen LogP) is -2.70. The highest BCUT2D eigenvalue weighted by Crippen LogP contribution is 2.11. The van der Waals surface area contributed by atoms with Crippen LogP contribution < -0.4 is 33.2 Å². The number of aromatic amines is 1. The normalized spacial score (nSPS) is 13.7. The molecule has 12 N–H and O–H groups in total. The number of aromatic hydroxyl groups is 1. The molecule has 222 valence electrons. The van der Waals surface area contributed by atoms with Crippen molar-refractivity contribution in [2.24, 2.45) is 17.2 Å². The zero-order valence-electron chi connectivity index (χ0n) is 22.0. The first kappa shape index (κ1) is 32.2. The number of nitrogens with zero attached hydrogens (tertiary/aromatic N) is 1. The predicted molar refractivity (Wildman–Crippen MR) is 142 cm³/mol. The van der Waals surface area contributed by atoms with Crippen LogP contribution in [0, 0.1) is 0 Å². The summed E-state index contributed by atoms with van der Waals surface area (Å²) in [6.45, 7) is 0. The van der Waals surface area contributed by atoms with Gasteiger partial charge in [0.2, 0.25) is 29.5 Å². The SMILES string of the molecule is NC(=O)CCC(NC(=O)C(N)Cc1ccc(O)cc1)C(=O)NC(CCC(N)=O)C(=O)NC(Cc1cnc[nH]1)C(=O)O. The zero-order chi connectivity index (χ0) is 30.5. The molecule has 16 heteroatoms. The van der Waals surface area contributed by atoms with Crippen molar-refractivity contribution < 1.29 is 39.0 Å². The molecule has 4 atom stereocenters. The van der Waals surface area contributed by atoms with Crippen LogP contribution in [-0.2, 0) is 41.6 Å². The van der Waals surface area contributed by atoms with Crippen LogP contribution in [0.25, 0.3) is 0 Å². The van der Waals surface area contributed by atoms with Crippen molar-refractivity contribution >= 4 is 35.5 Å². The highest BCUT2D eigenvalue weighted by Gasteiger charge is 2.31. The molecule has 0 fully saturated rings. The number of H-pyrrole nitrogens is 1. The monoisotopic (exact) mass is 574 g/mol. The molecule has 41 heavy (non-hydrogen) atoms. The summed E-state index contributed by atoms with van der Waals surface area (Å²) < 4.78 is 0. The van der Waals surface area contributed by atoms with Crippen LogP contribution in [0.5, 0.6) is 5.75 Å². The number of carboxylic acid groups (broad SMARTS) is 1. The number of phenols is 1. The van der Waals surface area contributed by atoms with E-state index in [1.165, 1.54) is 24.7 Å². The average molecular weight is 575 g/mol. The number of benzene rings is 1. The van der Waals surface area contributed by atoms with Crippen LogP contribution in [0.4, 0.5) is 0 Å². The molecule has 0 saturated carbocycles. The fourth-order valence-electron chi connectivity index (χ4n) is 3.73. The lowest BCUT2D eigenvalue weighted by Crippen LogP contribution is -2.57. The van der Waals surface area contributed by atoms with E-state index in [-0.39, 0.29) is 44.3 Å². The van der Waals surface area contributed by atoms with Gasteiger partial charge in [-0.3, -0.25) is 24.0 Å². The number of primary amides is 2. The lowest BCUT2D eigenvalue weighted by atomic mass is 10.0. The number of aliphatic carboxylic acids is 1. The number of phenolic OH excluding ortho intramolecular Hbond substituents is 1. The molecule has 5 amide bonds. The molecule has 0 aliphatic carbocycles. The van der Waals surface area contributed by atoms with E-state index >= 15 is 0 Å². The van der Waals surface area contributed by atoms with Crippen molar-refractivity contribution in [2.45, 2.75) is 62.7 Å². The third-order valence-corrected chi connectivity index (χ3v) is 5.95. The van der Waals surface area contributed by atoms with Gasteiger partial charge in [-0.05, 0) is 37.0 Å². The van der Waals surface area contributed by atoms with Crippen LogP contribution in [-0.4, -0.2) is 79.9 Å². The molecule has 0 bridgehead atoms. The summed E-state index contributed by atoms with van der Waals surface area (Å²) in [5, 5.41) is 26.1. The number of imidazole rings is 1. The topological polar surface area (TPSA) is 286 Å². The molecule has 16 nitrogen and oxygen atoms in total. The third-order valence-electron chi connectivity index (χ3n) is 5.95. The fraction of sp³-hybridized carbons (Fsp3) is 0.400. The first-order valence-electron chi connectivity index (χ1n) is 12.6. The summed E-state index contributed by atoms with van der Waals surface area (Å²) >= 11 is 0. The van der Waals surface area contributed by atoms with Crippen LogP contribution in [0.15, 0.2) is 36.8 Å². The van der Waals surface area contributed by atoms with E-state index in [2.05, 4.69) is 25.9 Å². The fourth-order valence-corrected chi connectivity index (χ4v) is 3.73. The van der Waals surface area contributed by atoms with Gasteiger partial charge in [0.1, 0.15) is 23.9 Å². The van der Waals surface area contributed by atoms with Crippen LogP contribution in [0.1, 0.15) is 36.9 Å². The number of carbonyl (C=O) groups is 6. The third kappa shape index (κ3) is 11.3. The molecule has 4 unspecified atom stereocenters. The van der Waals surface area contributed by atoms with E-state index in [0.717, 1.165) is 0 Å². The molecule has 0 spiro atoms. The summed E-state index contributed by atoms with van der Waals surface area (Å²) in [5.74, 6) is -5.42. The Bertz CT molecular complexity index is 1220. The Morgan fingerprint density at radius 2 is 1.32 bits per heavy atom. The van der Waals surface area contributed by atoms with E-state index in [4.69, 9.17) is 17.2 Å². The van der Waals surface area contributed by atoms with Gasteiger partial charge in [0.15, 0.2) is 0 Å². The van der Waals surface area contributed by atoms with Crippen molar-refractivity contribution in [2.75, 3.05) is 0 Å². The molecule has 1 heterocycles. The Labute approximate surface area is 234 Å². The summed E-state index contributed by atoms with van der Waals surface area (Å²) in [7, 11) is 0. The Kier molecular flexibility index (Phi) is 12.2. The molecule has 2 aromatic rings. The van der Waals surface area contributed by atoms with Gasteiger partial charge in [0, 0.05) is 31.2 Å². The number of rotatable bonds is 17. The Morgan fingerprint density at radius 3 is 1.78 bits per heavy atom. The van der Waals surface area contributed by atoms with Crippen molar-refractivity contribution in [1.82, 2.24) is 25.9 Å². The minimum atomic E-state index is -1.42. The molecule has 0 radical (unpaired) electrons. The first-order chi connectivity index (χ1) is 19.3. The number of carbonyl (C=O) groups excluding carboxylic acids is 5. The zero-order valence-corrected chi connectivity index (χ0v) is 22.0. The quantitative estimate of drug-likeness (QED) is 0.0941. The second-order valence-corrected chi connectivity index (χ2v) is 9.29. The maximum Gasteiger partial charge on any atom is 0.326 e. The van der Waals surface area contributed by atoms with Gasteiger partial charge >= 0.3 is 5.97 Å². The molecule has 0 aliphatic heterocycles. The summed E-state index contributed by atoms with van der Waals surface area (Å²) in [6.07, 6.45) is 1.50. The average Bonchev–Trinajstić information content (AvgIpc) is 3.42. The minimum absolute atomic E-state index is 0.0286. The molecular formula is C25H34N8O8. The van der Waals surface area contributed by atoms with Gasteiger partial charge in [0.25, 0.3) is 0 Å². The maximum atomic E-state index is 13.2. The summed E-state index contributed by atoms with van der Waals surface area (Å²) in [5.41, 5.74) is 17.5. The molecule has 0 saturated heterocycles. The van der Waals surface area contributed by atoms with Gasteiger partial charge in [-0.15, -0.1) is 0 Å². The van der Waals surface area contributed by atoms with E-state index in [1.807, 2.05) is 0 Å². The van der Waals surface area contributed by atoms with E-state index in [1.54, 1.807) is 12.1 Å². The van der Waals surface area contributed by atoms with Gasteiger partial charge < -0.3 is 48.3 Å². The summed E-state index contributed by atoms with van der Waals surface area (Å²) in [6, 6.07) is 0.684. The number of hydrogen-bond donors (Lipinski definition) is 9. The summed E-state index contributed by atoms with van der Waals surface area (Å²) in [4.78, 5) is 80.0. The van der Waals surface area contributed by atoms with Crippen molar-refractivity contribution in [1.29, 1.82) is 0 Å². The molecule has 0 aliphatic rings. The molecule has 2 rings (SSSR count). The van der Waals surface area contributed by atoms with E-state index in [0.29, 0.717) is 11.3 Å². The maximum absolute atomic E-state index is 13.2. The van der Waals surface area contributed by atoms with Gasteiger partial charge in [0.05, 0.1) is 12.4 Å². The molecular weight excluding hydrogens is 540 g/mol. The Balaban J connectivity index is 2.15. The van der Waals surface area contributed by atoms with Gasteiger partial charge in [-0.1, -0.05) is 12.1 Å². The van der Waals surface area contributed by atoms with E-state index in [9.17, 15) is 39.0 Å². The molecule has 1 aromatic carbocycles. The Hall–Kier alpha value is -4.99. The highest BCUT2D eigenvalue weighted by atomic mass is 16.4. The second-order valence-electron chi connectivity index (χ2n) is 9.29. The van der Waals surface area contributed by atoms with Gasteiger partial charge in [-0.25, -0.2) is 9.78 Å². The number of amides is 5. The second kappa shape index (κ2) is 15.6. The van der Waals surface area contributed by atoms with Crippen LogP contribution in [0.2, 0.25) is 0 Å². The van der Waals surface area contributed by atoms with Crippen molar-refractivity contribution in [3.63, 3.8) is 0 Å². The first-order valence-corrected chi connectivity index (χ1v) is 12.6. The van der Waals surface area contributed by atoms with Crippen LogP contribution in [0.3, 0.4) is 0 Å². The van der Waals surface area contributed by atoms with Gasteiger partial charge in [-0.2, -0.15) is 0 Å². The Morgan fingerprint density at radius 1 is 0.805 bits per heavy atom. The number of aromatic nitrogens is 2. The van der Waals surface area contributed by atoms with Crippen molar-refractivity contribution in [3.8, 4) is 5.75 Å². The standard InChI is InChI=1S/C25H34N8O8/c26-16(9-13-1-3-15(34)4-2-13)22(37)31-17(5-7-20(27)35)23(38)32-18(6-8-21(28)36)24(39)33-19(25(40)41)10-14-11-29-12-30-14/h1-4,11-12,16-19,34H,5-10,26H2,(H2,27,35)(H2,28,36)(H,29,30)(H,31,37)(H,32,38)(H,33,39)(H,40,41). The highest BCUT2D eigenvalue weighted by molar-refractivity contribution is 5.94.